The van der Waals surface area contributed by atoms with Crippen LogP contribution >= 0.6 is 0 Å². The Balaban J connectivity index is 2.53. The zero-order valence-corrected chi connectivity index (χ0v) is 12.5. The quantitative estimate of drug-likeness (QED) is 0.559. The normalized spacial score (nSPS) is 12.3. The van der Waals surface area contributed by atoms with Gasteiger partial charge in [0, 0.05) is 12.3 Å². The van der Waals surface area contributed by atoms with Gasteiger partial charge in [0.2, 0.25) is 0 Å². The summed E-state index contributed by atoms with van der Waals surface area (Å²) in [6.45, 7) is 5.82. The predicted octanol–water partition coefficient (Wildman–Crippen LogP) is 2.59. The van der Waals surface area contributed by atoms with Crippen LogP contribution in [0.2, 0.25) is 0 Å². The minimum atomic E-state index is -1.14. The zero-order chi connectivity index (χ0) is 14.1. The van der Waals surface area contributed by atoms with Gasteiger partial charge in [-0.25, -0.2) is 0 Å². The van der Waals surface area contributed by atoms with Gasteiger partial charge in [0.05, 0.1) is 34.7 Å². The van der Waals surface area contributed by atoms with Crippen molar-refractivity contribution >= 4 is 16.5 Å². The van der Waals surface area contributed by atoms with Gasteiger partial charge in [-0.1, -0.05) is 13.3 Å². The van der Waals surface area contributed by atoms with Gasteiger partial charge in [0.1, 0.15) is 5.75 Å². The third kappa shape index (κ3) is 5.61. The largest absolute Gasteiger partial charge is 0.494 e. The molecule has 1 rings (SSSR count). The van der Waals surface area contributed by atoms with E-state index in [0.717, 1.165) is 19.4 Å². The molecule has 2 N–H and O–H groups in total. The van der Waals surface area contributed by atoms with Crippen molar-refractivity contribution < 1.29 is 13.7 Å². The summed E-state index contributed by atoms with van der Waals surface area (Å²) < 4.78 is 23.0. The number of rotatable bonds is 9. The maximum absolute atomic E-state index is 12.2. The van der Waals surface area contributed by atoms with Gasteiger partial charge in [0.15, 0.2) is 0 Å². The van der Waals surface area contributed by atoms with Crippen molar-refractivity contribution in [2.75, 3.05) is 31.3 Å². The Morgan fingerprint density at radius 3 is 2.74 bits per heavy atom. The molecule has 0 saturated carbocycles. The summed E-state index contributed by atoms with van der Waals surface area (Å²) in [5.74, 6) is 1.16. The number of hydrogen-bond acceptors (Lipinski definition) is 4. The van der Waals surface area contributed by atoms with Gasteiger partial charge in [-0.3, -0.25) is 4.21 Å². The molecule has 4 nitrogen and oxygen atoms in total. The van der Waals surface area contributed by atoms with Crippen LogP contribution in [0.25, 0.3) is 0 Å². The topological polar surface area (TPSA) is 61.5 Å². The lowest BCUT2D eigenvalue weighted by Crippen LogP contribution is -2.09. The fourth-order valence-electron chi connectivity index (χ4n) is 1.56. The first-order valence-electron chi connectivity index (χ1n) is 6.67. The third-order valence-electron chi connectivity index (χ3n) is 2.60. The molecule has 0 aliphatic rings. The van der Waals surface area contributed by atoms with Crippen molar-refractivity contribution in [3.05, 3.63) is 18.2 Å². The number of nitrogen functional groups attached to an aromatic ring is 1. The Morgan fingerprint density at radius 1 is 1.26 bits per heavy atom. The van der Waals surface area contributed by atoms with Crippen molar-refractivity contribution in [2.45, 2.75) is 31.6 Å². The second-order valence-electron chi connectivity index (χ2n) is 4.15. The lowest BCUT2D eigenvalue weighted by molar-refractivity contribution is 0.146. The molecule has 0 heterocycles. The lowest BCUT2D eigenvalue weighted by atomic mass is 10.3. The van der Waals surface area contributed by atoms with Gasteiger partial charge in [-0.15, -0.1) is 0 Å². The molecule has 0 radical (unpaired) electrons. The highest BCUT2D eigenvalue weighted by molar-refractivity contribution is 7.85. The van der Waals surface area contributed by atoms with Gasteiger partial charge in [0.25, 0.3) is 0 Å². The van der Waals surface area contributed by atoms with E-state index in [4.69, 9.17) is 15.2 Å². The minimum absolute atomic E-state index is 0.462. The minimum Gasteiger partial charge on any atom is -0.494 e. The Kier molecular flexibility index (Phi) is 7.52. The molecule has 0 aromatic heterocycles. The average Bonchev–Trinajstić information content (AvgIpc) is 2.41. The Labute approximate surface area is 117 Å². The SMILES string of the molecule is CCCCOCCS(=O)c1cc(OCC)ccc1N. The van der Waals surface area contributed by atoms with Crippen LogP contribution in [0.3, 0.4) is 0 Å². The van der Waals surface area contributed by atoms with Gasteiger partial charge < -0.3 is 15.2 Å². The molecule has 19 heavy (non-hydrogen) atoms. The Bertz CT molecular complexity index is 410. The van der Waals surface area contributed by atoms with Crippen LogP contribution in [0, 0.1) is 0 Å². The van der Waals surface area contributed by atoms with Gasteiger partial charge in [-0.05, 0) is 31.5 Å². The molecular formula is C14H23NO3S. The number of nitrogens with two attached hydrogens (primary N) is 1. The highest BCUT2D eigenvalue weighted by atomic mass is 32.2. The Morgan fingerprint density at radius 2 is 2.05 bits per heavy atom. The Hall–Kier alpha value is -1.07. The molecule has 0 amide bonds. The highest BCUT2D eigenvalue weighted by Crippen LogP contribution is 2.23. The first-order valence-corrected chi connectivity index (χ1v) is 7.99. The van der Waals surface area contributed by atoms with Crippen LogP contribution in [-0.4, -0.2) is 29.8 Å². The van der Waals surface area contributed by atoms with Crippen molar-refractivity contribution in [2.24, 2.45) is 0 Å². The van der Waals surface area contributed by atoms with Crippen LogP contribution < -0.4 is 10.5 Å². The molecule has 0 aliphatic carbocycles. The second kappa shape index (κ2) is 8.93. The molecule has 0 spiro atoms. The number of unbranched alkanes of at least 4 members (excludes halogenated alkanes) is 1. The van der Waals surface area contributed by atoms with E-state index in [-0.39, 0.29) is 0 Å². The molecule has 0 aliphatic heterocycles. The maximum Gasteiger partial charge on any atom is 0.120 e. The van der Waals surface area contributed by atoms with Crippen molar-refractivity contribution in [3.8, 4) is 5.75 Å². The lowest BCUT2D eigenvalue weighted by Gasteiger charge is -2.09. The van der Waals surface area contributed by atoms with E-state index in [9.17, 15) is 4.21 Å². The predicted molar refractivity (Wildman–Crippen MR) is 79.0 cm³/mol. The molecule has 0 bridgehead atoms. The summed E-state index contributed by atoms with van der Waals surface area (Å²) in [5, 5.41) is 0. The first-order chi connectivity index (χ1) is 9.19. The molecule has 0 saturated heterocycles. The molecule has 1 unspecified atom stereocenters. The van der Waals surface area contributed by atoms with Crippen molar-refractivity contribution in [1.82, 2.24) is 0 Å². The highest BCUT2D eigenvalue weighted by Gasteiger charge is 2.09. The van der Waals surface area contributed by atoms with E-state index in [0.29, 0.717) is 35.3 Å². The molecule has 1 aromatic rings. The third-order valence-corrected chi connectivity index (χ3v) is 3.98. The van der Waals surface area contributed by atoms with E-state index < -0.39 is 10.8 Å². The average molecular weight is 285 g/mol. The fourth-order valence-corrected chi connectivity index (χ4v) is 2.63. The van der Waals surface area contributed by atoms with Crippen LogP contribution in [0.5, 0.6) is 5.75 Å². The molecule has 0 fully saturated rings. The monoisotopic (exact) mass is 285 g/mol. The zero-order valence-electron chi connectivity index (χ0n) is 11.7. The number of benzene rings is 1. The summed E-state index contributed by atoms with van der Waals surface area (Å²) in [4.78, 5) is 0.630. The summed E-state index contributed by atoms with van der Waals surface area (Å²) in [6, 6.07) is 5.27. The summed E-state index contributed by atoms with van der Waals surface area (Å²) in [5.41, 5.74) is 6.39. The summed E-state index contributed by atoms with van der Waals surface area (Å²) in [6.07, 6.45) is 2.14. The van der Waals surface area contributed by atoms with E-state index in [1.54, 1.807) is 18.2 Å². The fraction of sp³-hybridized carbons (Fsp3) is 0.571. The molecule has 108 valence electrons. The van der Waals surface area contributed by atoms with Gasteiger partial charge >= 0.3 is 0 Å². The van der Waals surface area contributed by atoms with Crippen molar-refractivity contribution in [1.29, 1.82) is 0 Å². The van der Waals surface area contributed by atoms with E-state index in [2.05, 4.69) is 6.92 Å². The number of ether oxygens (including phenoxy) is 2. The first kappa shape index (κ1) is 16.0. The van der Waals surface area contributed by atoms with E-state index in [1.807, 2.05) is 6.92 Å². The number of hydrogen-bond donors (Lipinski definition) is 1. The maximum atomic E-state index is 12.2. The number of anilines is 1. The molecular weight excluding hydrogens is 262 g/mol. The van der Waals surface area contributed by atoms with Gasteiger partial charge in [-0.2, -0.15) is 0 Å². The van der Waals surface area contributed by atoms with E-state index in [1.165, 1.54) is 0 Å². The van der Waals surface area contributed by atoms with Crippen LogP contribution in [0.1, 0.15) is 26.7 Å². The van der Waals surface area contributed by atoms with E-state index >= 15 is 0 Å². The molecule has 1 aromatic carbocycles. The molecule has 5 heteroatoms. The van der Waals surface area contributed by atoms with Crippen LogP contribution in [0.4, 0.5) is 5.69 Å². The standard InChI is InChI=1S/C14H23NO3S/c1-3-5-8-17-9-10-19(16)14-11-12(18-4-2)6-7-13(14)15/h6-7,11H,3-5,8-10,15H2,1-2H3. The summed E-state index contributed by atoms with van der Waals surface area (Å²) in [7, 11) is -1.14. The molecule has 1 atom stereocenters. The smallest absolute Gasteiger partial charge is 0.120 e. The van der Waals surface area contributed by atoms with Crippen LogP contribution in [-0.2, 0) is 15.5 Å². The van der Waals surface area contributed by atoms with Crippen LogP contribution in [0.15, 0.2) is 23.1 Å². The summed E-state index contributed by atoms with van der Waals surface area (Å²) >= 11 is 0. The van der Waals surface area contributed by atoms with Crippen molar-refractivity contribution in [3.63, 3.8) is 0 Å². The second-order valence-corrected chi connectivity index (χ2v) is 5.69.